The first-order valence-electron chi connectivity index (χ1n) is 7.14. The average Bonchev–Trinajstić information content (AvgIpc) is 2.54. The summed E-state index contributed by atoms with van der Waals surface area (Å²) in [7, 11) is 0.385. The third kappa shape index (κ3) is 3.55. The van der Waals surface area contributed by atoms with Gasteiger partial charge in [-0.1, -0.05) is 48.5 Å². The van der Waals surface area contributed by atoms with Crippen LogP contribution < -0.4 is 4.72 Å². The zero-order valence-corrected chi connectivity index (χ0v) is 14.0. The zero-order valence-electron chi connectivity index (χ0n) is 13.2. The van der Waals surface area contributed by atoms with E-state index >= 15 is 0 Å². The first kappa shape index (κ1) is 16.7. The van der Waals surface area contributed by atoms with Gasteiger partial charge in [-0.2, -0.15) is 0 Å². The summed E-state index contributed by atoms with van der Waals surface area (Å²) in [6.45, 7) is 2.32. The van der Waals surface area contributed by atoms with Crippen molar-refractivity contribution in [2.45, 2.75) is 17.4 Å². The Kier molecular flexibility index (Phi) is 5.01. The summed E-state index contributed by atoms with van der Waals surface area (Å²) < 4.78 is 27.5. The molecule has 0 fully saturated rings. The van der Waals surface area contributed by atoms with Crippen molar-refractivity contribution in [3.63, 3.8) is 0 Å². The number of rotatable bonds is 6. The highest BCUT2D eigenvalue weighted by atomic mass is 32.2. The summed E-state index contributed by atoms with van der Waals surface area (Å²) in [6.07, 6.45) is 0. The molecule has 1 unspecified atom stereocenters. The number of hydrogen-bond donors (Lipinski definition) is 1. The highest BCUT2D eigenvalue weighted by molar-refractivity contribution is 7.89. The number of hydrogen-bond acceptors (Lipinski definition) is 3. The Hall–Kier alpha value is -1.69. The van der Waals surface area contributed by atoms with Gasteiger partial charge in [0.15, 0.2) is 0 Å². The Morgan fingerprint density at radius 2 is 1.45 bits per heavy atom. The molecule has 5 heteroatoms. The second kappa shape index (κ2) is 6.60. The lowest BCUT2D eigenvalue weighted by Gasteiger charge is -2.37. The predicted molar refractivity (Wildman–Crippen MR) is 89.1 cm³/mol. The smallest absolute Gasteiger partial charge is 0.240 e. The van der Waals surface area contributed by atoms with E-state index in [-0.39, 0.29) is 4.90 Å². The number of nitrogens with zero attached hydrogens (tertiary/aromatic N) is 1. The Morgan fingerprint density at radius 1 is 0.955 bits per heavy atom. The summed E-state index contributed by atoms with van der Waals surface area (Å²) >= 11 is 0. The van der Waals surface area contributed by atoms with Crippen molar-refractivity contribution in [3.05, 3.63) is 66.2 Å². The van der Waals surface area contributed by atoms with Crippen LogP contribution in [0.15, 0.2) is 65.6 Å². The molecule has 0 amide bonds. The quantitative estimate of drug-likeness (QED) is 0.890. The standard InChI is InChI=1S/C17H22N2O2S/c1-17(19(2)3,15-10-6-4-7-11-15)14-18-22(20,21)16-12-8-5-9-13-16/h4-13,18H,14H2,1-3H3. The normalized spacial score (nSPS) is 14.7. The minimum absolute atomic E-state index is 0.282. The minimum Gasteiger partial charge on any atom is -0.299 e. The van der Waals surface area contributed by atoms with E-state index in [0.29, 0.717) is 6.54 Å². The topological polar surface area (TPSA) is 49.4 Å². The Bertz CT molecular complexity index is 700. The van der Waals surface area contributed by atoms with Crippen LogP contribution in [0.3, 0.4) is 0 Å². The van der Waals surface area contributed by atoms with E-state index in [1.54, 1.807) is 30.3 Å². The molecule has 0 bridgehead atoms. The molecule has 4 nitrogen and oxygen atoms in total. The fourth-order valence-corrected chi connectivity index (χ4v) is 3.39. The molecule has 0 radical (unpaired) electrons. The maximum atomic E-state index is 12.4. The Morgan fingerprint density at radius 3 is 1.95 bits per heavy atom. The number of nitrogens with one attached hydrogen (secondary N) is 1. The molecular formula is C17H22N2O2S. The second-order valence-electron chi connectivity index (χ2n) is 5.67. The molecule has 0 spiro atoms. The lowest BCUT2D eigenvalue weighted by Crippen LogP contribution is -2.48. The van der Waals surface area contributed by atoms with Crippen molar-refractivity contribution in [1.29, 1.82) is 0 Å². The summed E-state index contributed by atoms with van der Waals surface area (Å²) in [5.74, 6) is 0. The summed E-state index contributed by atoms with van der Waals surface area (Å²) in [5.41, 5.74) is 0.638. The van der Waals surface area contributed by atoms with Crippen molar-refractivity contribution in [1.82, 2.24) is 9.62 Å². The van der Waals surface area contributed by atoms with Gasteiger partial charge in [0.25, 0.3) is 0 Å². The summed E-state index contributed by atoms with van der Waals surface area (Å²) in [4.78, 5) is 2.31. The third-order valence-corrected chi connectivity index (χ3v) is 5.46. The molecule has 0 aliphatic rings. The van der Waals surface area contributed by atoms with Crippen LogP contribution in [0.2, 0.25) is 0 Å². The maximum Gasteiger partial charge on any atom is 0.240 e. The van der Waals surface area contributed by atoms with Crippen molar-refractivity contribution < 1.29 is 8.42 Å². The van der Waals surface area contributed by atoms with Crippen LogP contribution in [0.1, 0.15) is 12.5 Å². The molecule has 118 valence electrons. The predicted octanol–water partition coefficient (Wildman–Crippen LogP) is 2.44. The SMILES string of the molecule is CN(C)C(C)(CNS(=O)(=O)c1ccccc1)c1ccccc1. The van der Waals surface area contributed by atoms with Crippen LogP contribution in [-0.4, -0.2) is 34.0 Å². The number of sulfonamides is 1. The van der Waals surface area contributed by atoms with Crippen LogP contribution in [0.4, 0.5) is 0 Å². The Balaban J connectivity index is 2.24. The highest BCUT2D eigenvalue weighted by Crippen LogP contribution is 2.25. The van der Waals surface area contributed by atoms with E-state index < -0.39 is 15.6 Å². The Labute approximate surface area is 132 Å². The maximum absolute atomic E-state index is 12.4. The van der Waals surface area contributed by atoms with Gasteiger partial charge in [-0.25, -0.2) is 13.1 Å². The van der Waals surface area contributed by atoms with Gasteiger partial charge in [0.05, 0.1) is 10.4 Å². The summed E-state index contributed by atoms with van der Waals surface area (Å²) in [5, 5.41) is 0. The molecule has 0 aliphatic heterocycles. The van der Waals surface area contributed by atoms with Gasteiger partial charge in [-0.15, -0.1) is 0 Å². The van der Waals surface area contributed by atoms with Gasteiger partial charge < -0.3 is 0 Å². The van der Waals surface area contributed by atoms with Crippen LogP contribution in [0.25, 0.3) is 0 Å². The van der Waals surface area contributed by atoms with Crippen molar-refractivity contribution >= 4 is 10.0 Å². The molecule has 0 aliphatic carbocycles. The average molecular weight is 318 g/mol. The molecule has 1 atom stereocenters. The van der Waals surface area contributed by atoms with Gasteiger partial charge in [-0.3, -0.25) is 4.90 Å². The van der Waals surface area contributed by atoms with Crippen LogP contribution in [0.5, 0.6) is 0 Å². The van der Waals surface area contributed by atoms with Gasteiger partial charge in [-0.05, 0) is 38.7 Å². The number of benzene rings is 2. The van der Waals surface area contributed by atoms with Gasteiger partial charge in [0.1, 0.15) is 0 Å². The van der Waals surface area contributed by atoms with E-state index in [1.807, 2.05) is 56.3 Å². The zero-order chi connectivity index (χ0) is 16.2. The first-order valence-corrected chi connectivity index (χ1v) is 8.62. The van der Waals surface area contributed by atoms with E-state index in [4.69, 9.17) is 0 Å². The van der Waals surface area contributed by atoms with E-state index in [1.165, 1.54) is 0 Å². The highest BCUT2D eigenvalue weighted by Gasteiger charge is 2.30. The lowest BCUT2D eigenvalue weighted by molar-refractivity contribution is 0.177. The monoisotopic (exact) mass is 318 g/mol. The molecule has 0 saturated heterocycles. The molecule has 0 heterocycles. The molecule has 1 N–H and O–H groups in total. The third-order valence-electron chi connectivity index (χ3n) is 4.04. The lowest BCUT2D eigenvalue weighted by atomic mass is 9.91. The van der Waals surface area contributed by atoms with Gasteiger partial charge in [0.2, 0.25) is 10.0 Å². The molecule has 2 aromatic rings. The molecule has 22 heavy (non-hydrogen) atoms. The molecule has 2 aromatic carbocycles. The minimum atomic E-state index is -3.51. The summed E-state index contributed by atoms with van der Waals surface area (Å²) in [6, 6.07) is 18.3. The van der Waals surface area contributed by atoms with E-state index in [0.717, 1.165) is 5.56 Å². The first-order chi connectivity index (χ1) is 10.4. The fourth-order valence-electron chi connectivity index (χ4n) is 2.23. The van der Waals surface area contributed by atoms with E-state index in [2.05, 4.69) is 4.72 Å². The second-order valence-corrected chi connectivity index (χ2v) is 7.44. The van der Waals surface area contributed by atoms with Crippen molar-refractivity contribution in [3.8, 4) is 0 Å². The number of likely N-dealkylation sites (N-methyl/N-ethyl adjacent to an activating group) is 1. The molecule has 0 saturated carbocycles. The van der Waals surface area contributed by atoms with Crippen LogP contribution >= 0.6 is 0 Å². The fraction of sp³-hybridized carbons (Fsp3) is 0.294. The van der Waals surface area contributed by atoms with Crippen molar-refractivity contribution in [2.24, 2.45) is 0 Å². The largest absolute Gasteiger partial charge is 0.299 e. The van der Waals surface area contributed by atoms with Gasteiger partial charge >= 0.3 is 0 Å². The van der Waals surface area contributed by atoms with Crippen LogP contribution in [0, 0.1) is 0 Å². The van der Waals surface area contributed by atoms with Gasteiger partial charge in [0, 0.05) is 6.54 Å². The van der Waals surface area contributed by atoms with E-state index in [9.17, 15) is 8.42 Å². The van der Waals surface area contributed by atoms with Crippen molar-refractivity contribution in [2.75, 3.05) is 20.6 Å². The molecule has 2 rings (SSSR count). The molecule has 0 aromatic heterocycles. The molecular weight excluding hydrogens is 296 g/mol. The van der Waals surface area contributed by atoms with Crippen LogP contribution in [-0.2, 0) is 15.6 Å².